The summed E-state index contributed by atoms with van der Waals surface area (Å²) in [6.07, 6.45) is 1.41. The lowest BCUT2D eigenvalue weighted by atomic mass is 10.3. The highest BCUT2D eigenvalue weighted by Gasteiger charge is 2.08. The first-order chi connectivity index (χ1) is 5.65. The fraction of sp³-hybridized carbons (Fsp3) is 0.286. The molecule has 12 heavy (non-hydrogen) atoms. The Morgan fingerprint density at radius 3 is 2.83 bits per heavy atom. The number of nitrogens with two attached hydrogens (primary N) is 1. The van der Waals surface area contributed by atoms with Crippen LogP contribution in [0.2, 0.25) is 0 Å². The van der Waals surface area contributed by atoms with Crippen LogP contribution >= 0.6 is 0 Å². The number of nitrogen functional groups attached to an aromatic ring is 1. The van der Waals surface area contributed by atoms with Crippen LogP contribution in [0.1, 0.15) is 16.2 Å². The number of rotatable bonds is 1. The van der Waals surface area contributed by atoms with Gasteiger partial charge in [-0.15, -0.1) is 0 Å². The summed E-state index contributed by atoms with van der Waals surface area (Å²) in [5, 5.41) is 2.44. The molecule has 0 aromatic carbocycles. The zero-order valence-corrected chi connectivity index (χ0v) is 6.96. The molecule has 3 N–H and O–H groups in total. The van der Waals surface area contributed by atoms with E-state index in [1.165, 1.54) is 13.2 Å². The van der Waals surface area contributed by atoms with E-state index in [4.69, 9.17) is 5.73 Å². The highest BCUT2D eigenvalue weighted by molar-refractivity contribution is 5.97. The van der Waals surface area contributed by atoms with Gasteiger partial charge in [0.15, 0.2) is 0 Å². The number of anilines is 1. The van der Waals surface area contributed by atoms with E-state index in [2.05, 4.69) is 15.3 Å². The summed E-state index contributed by atoms with van der Waals surface area (Å²) in [7, 11) is 1.53. The van der Waals surface area contributed by atoms with E-state index in [1.807, 2.05) is 0 Å². The van der Waals surface area contributed by atoms with Crippen LogP contribution in [0.3, 0.4) is 0 Å². The molecule has 5 heteroatoms. The molecule has 64 valence electrons. The molecule has 5 nitrogen and oxygen atoms in total. The lowest BCUT2D eigenvalue weighted by Crippen LogP contribution is -2.20. The van der Waals surface area contributed by atoms with Crippen molar-refractivity contribution >= 4 is 11.7 Å². The van der Waals surface area contributed by atoms with E-state index >= 15 is 0 Å². The normalized spacial score (nSPS) is 9.50. The minimum Gasteiger partial charge on any atom is -0.383 e. The van der Waals surface area contributed by atoms with E-state index in [0.717, 1.165) is 0 Å². The molecule has 0 saturated heterocycles. The fourth-order valence-corrected chi connectivity index (χ4v) is 0.797. The molecule has 0 atom stereocenters. The summed E-state index contributed by atoms with van der Waals surface area (Å²) in [6, 6.07) is 0. The van der Waals surface area contributed by atoms with Crippen molar-refractivity contribution in [1.29, 1.82) is 0 Å². The molecule has 1 aromatic heterocycles. The van der Waals surface area contributed by atoms with E-state index < -0.39 is 0 Å². The summed E-state index contributed by atoms with van der Waals surface area (Å²) < 4.78 is 0. The second-order valence-corrected chi connectivity index (χ2v) is 2.30. The number of nitrogens with one attached hydrogen (secondary N) is 1. The average Bonchev–Trinajstić information content (AvgIpc) is 2.03. The Hall–Kier alpha value is -1.65. The molecule has 0 aliphatic heterocycles. The molecule has 0 fully saturated rings. The first kappa shape index (κ1) is 8.45. The maximum Gasteiger partial charge on any atom is 0.256 e. The number of carbonyl (C=O) groups is 1. The SMILES string of the molecule is CNC(=O)c1cnc(C)nc1N. The topological polar surface area (TPSA) is 80.9 Å². The summed E-state index contributed by atoms with van der Waals surface area (Å²) in [5.41, 5.74) is 5.79. The number of hydrogen-bond donors (Lipinski definition) is 2. The van der Waals surface area contributed by atoms with Crippen molar-refractivity contribution in [3.8, 4) is 0 Å². The Balaban J connectivity index is 3.09. The molecule has 1 heterocycles. The van der Waals surface area contributed by atoms with Gasteiger partial charge in [0.2, 0.25) is 0 Å². The van der Waals surface area contributed by atoms with Gasteiger partial charge in [0, 0.05) is 13.2 Å². The summed E-state index contributed by atoms with van der Waals surface area (Å²) >= 11 is 0. The van der Waals surface area contributed by atoms with Crippen molar-refractivity contribution in [2.45, 2.75) is 6.92 Å². The van der Waals surface area contributed by atoms with E-state index in [9.17, 15) is 4.79 Å². The Labute approximate surface area is 70.0 Å². The van der Waals surface area contributed by atoms with Gasteiger partial charge in [-0.25, -0.2) is 9.97 Å². The van der Waals surface area contributed by atoms with Crippen molar-refractivity contribution in [2.24, 2.45) is 0 Å². The number of amides is 1. The third-order valence-corrected chi connectivity index (χ3v) is 1.41. The Kier molecular flexibility index (Phi) is 2.23. The molecule has 1 amide bonds. The first-order valence-corrected chi connectivity index (χ1v) is 3.46. The predicted octanol–water partition coefficient (Wildman–Crippen LogP) is -0.273. The van der Waals surface area contributed by atoms with E-state index in [1.54, 1.807) is 6.92 Å². The lowest BCUT2D eigenvalue weighted by Gasteiger charge is -2.02. The highest BCUT2D eigenvalue weighted by Crippen LogP contribution is 2.05. The Morgan fingerprint density at radius 2 is 2.33 bits per heavy atom. The van der Waals surface area contributed by atoms with Crippen molar-refractivity contribution < 1.29 is 4.79 Å². The number of nitrogens with zero attached hydrogens (tertiary/aromatic N) is 2. The van der Waals surface area contributed by atoms with Gasteiger partial charge in [0.25, 0.3) is 5.91 Å². The molecule has 0 radical (unpaired) electrons. The zero-order valence-electron chi connectivity index (χ0n) is 6.96. The van der Waals surface area contributed by atoms with Gasteiger partial charge in [-0.05, 0) is 6.92 Å². The van der Waals surface area contributed by atoms with E-state index in [-0.39, 0.29) is 11.7 Å². The molecule has 0 aliphatic rings. The van der Waals surface area contributed by atoms with Crippen molar-refractivity contribution in [1.82, 2.24) is 15.3 Å². The van der Waals surface area contributed by atoms with Crippen LogP contribution in [-0.4, -0.2) is 22.9 Å². The molecule has 1 rings (SSSR count). The summed E-state index contributed by atoms with van der Waals surface area (Å²) in [6.45, 7) is 1.71. The van der Waals surface area contributed by atoms with Gasteiger partial charge in [-0.1, -0.05) is 0 Å². The largest absolute Gasteiger partial charge is 0.383 e. The van der Waals surface area contributed by atoms with Crippen molar-refractivity contribution in [3.05, 3.63) is 17.6 Å². The monoisotopic (exact) mass is 166 g/mol. The number of carbonyl (C=O) groups excluding carboxylic acids is 1. The average molecular weight is 166 g/mol. The maximum atomic E-state index is 11.1. The third kappa shape index (κ3) is 1.50. The first-order valence-electron chi connectivity index (χ1n) is 3.46. The summed E-state index contributed by atoms with van der Waals surface area (Å²) in [5.74, 6) is 0.495. The van der Waals surface area contributed by atoms with Gasteiger partial charge in [0.05, 0.1) is 5.56 Å². The quantitative estimate of drug-likeness (QED) is 0.601. The maximum absolute atomic E-state index is 11.1. The van der Waals surface area contributed by atoms with Gasteiger partial charge in [-0.3, -0.25) is 4.79 Å². The number of aromatic nitrogens is 2. The molecule has 0 bridgehead atoms. The number of hydrogen-bond acceptors (Lipinski definition) is 4. The fourth-order valence-electron chi connectivity index (χ4n) is 0.797. The van der Waals surface area contributed by atoms with Crippen LogP contribution in [0.4, 0.5) is 5.82 Å². The smallest absolute Gasteiger partial charge is 0.256 e. The minimum atomic E-state index is -0.271. The minimum absolute atomic E-state index is 0.210. The van der Waals surface area contributed by atoms with Gasteiger partial charge < -0.3 is 11.1 Å². The Morgan fingerprint density at radius 1 is 1.67 bits per heavy atom. The number of aryl methyl sites for hydroxylation is 1. The molecule has 0 unspecified atom stereocenters. The van der Waals surface area contributed by atoms with Crippen LogP contribution in [-0.2, 0) is 0 Å². The highest BCUT2D eigenvalue weighted by atomic mass is 16.1. The zero-order chi connectivity index (χ0) is 9.14. The van der Waals surface area contributed by atoms with E-state index in [0.29, 0.717) is 11.4 Å². The summed E-state index contributed by atoms with van der Waals surface area (Å²) in [4.78, 5) is 18.8. The van der Waals surface area contributed by atoms with Crippen LogP contribution in [0.5, 0.6) is 0 Å². The second kappa shape index (κ2) is 3.17. The molecule has 0 saturated carbocycles. The van der Waals surface area contributed by atoms with Crippen LogP contribution in [0.15, 0.2) is 6.20 Å². The molecule has 1 aromatic rings. The lowest BCUT2D eigenvalue weighted by molar-refractivity contribution is 0.0963. The second-order valence-electron chi connectivity index (χ2n) is 2.30. The predicted molar refractivity (Wildman–Crippen MR) is 44.6 cm³/mol. The standard InChI is InChI=1S/C7H10N4O/c1-4-10-3-5(6(8)11-4)7(12)9-2/h3H,1-2H3,(H,9,12)(H2,8,10,11). The Bertz CT molecular complexity index is 310. The van der Waals surface area contributed by atoms with Crippen LogP contribution < -0.4 is 11.1 Å². The van der Waals surface area contributed by atoms with Crippen molar-refractivity contribution in [3.63, 3.8) is 0 Å². The van der Waals surface area contributed by atoms with Crippen LogP contribution in [0.25, 0.3) is 0 Å². The molecule has 0 spiro atoms. The molecular weight excluding hydrogens is 156 g/mol. The molecular formula is C7H10N4O. The molecule has 0 aliphatic carbocycles. The van der Waals surface area contributed by atoms with Gasteiger partial charge in [-0.2, -0.15) is 0 Å². The third-order valence-electron chi connectivity index (χ3n) is 1.41. The van der Waals surface area contributed by atoms with Gasteiger partial charge in [0.1, 0.15) is 11.6 Å². The van der Waals surface area contributed by atoms with Crippen LogP contribution in [0, 0.1) is 6.92 Å². The van der Waals surface area contributed by atoms with Crippen molar-refractivity contribution in [2.75, 3.05) is 12.8 Å². The van der Waals surface area contributed by atoms with Gasteiger partial charge >= 0.3 is 0 Å².